The molecule has 8 nitrogen and oxygen atoms in total. The van der Waals surface area contributed by atoms with E-state index < -0.39 is 5.91 Å². The Morgan fingerprint density at radius 2 is 1.97 bits per heavy atom. The Bertz CT molecular complexity index is 1140. The van der Waals surface area contributed by atoms with Crippen molar-refractivity contribution >= 4 is 17.6 Å². The molecule has 0 spiro atoms. The van der Waals surface area contributed by atoms with Crippen LogP contribution in [0.4, 0.5) is 4.39 Å². The molecular weight excluding hydrogens is 411 g/mol. The normalized spacial score (nSPS) is 15.5. The number of benzene rings is 1. The number of hydrogen-bond donors (Lipinski definition) is 2. The maximum absolute atomic E-state index is 13.5. The Kier molecular flexibility index (Phi) is 6.43. The highest BCUT2D eigenvalue weighted by Crippen LogP contribution is 2.26. The van der Waals surface area contributed by atoms with Gasteiger partial charge in [0.2, 0.25) is 0 Å². The topological polar surface area (TPSA) is 101 Å². The van der Waals surface area contributed by atoms with E-state index in [1.165, 1.54) is 42.2 Å². The van der Waals surface area contributed by atoms with Crippen molar-refractivity contribution < 1.29 is 14.0 Å². The van der Waals surface area contributed by atoms with Gasteiger partial charge in [-0.3, -0.25) is 9.59 Å². The van der Waals surface area contributed by atoms with Crippen LogP contribution in [0, 0.1) is 18.7 Å². The molecule has 1 saturated carbocycles. The van der Waals surface area contributed by atoms with E-state index in [9.17, 15) is 14.0 Å². The third kappa shape index (κ3) is 4.76. The molecule has 1 aliphatic rings. The van der Waals surface area contributed by atoms with Gasteiger partial charge in [-0.25, -0.2) is 9.37 Å². The smallest absolute Gasteiger partial charge is 0.270 e. The molecular formula is C23H27FN6O2. The minimum absolute atomic E-state index is 0.0218. The second kappa shape index (κ2) is 9.42. The molecule has 2 heterocycles. The van der Waals surface area contributed by atoms with Gasteiger partial charge in [-0.2, -0.15) is 14.6 Å². The molecule has 1 aromatic carbocycles. The Morgan fingerprint density at radius 1 is 1.19 bits per heavy atom. The molecule has 3 aromatic rings. The summed E-state index contributed by atoms with van der Waals surface area (Å²) < 4.78 is 14.8. The average molecular weight is 439 g/mol. The summed E-state index contributed by atoms with van der Waals surface area (Å²) >= 11 is 0. The molecule has 1 fully saturated rings. The van der Waals surface area contributed by atoms with Crippen LogP contribution in [0.5, 0.6) is 0 Å². The maximum atomic E-state index is 13.5. The summed E-state index contributed by atoms with van der Waals surface area (Å²) in [6, 6.07) is 6.11. The van der Waals surface area contributed by atoms with Gasteiger partial charge in [0, 0.05) is 18.7 Å². The van der Waals surface area contributed by atoms with Crippen molar-refractivity contribution in [1.29, 1.82) is 0 Å². The molecule has 168 valence electrons. The summed E-state index contributed by atoms with van der Waals surface area (Å²) in [4.78, 5) is 34.1. The molecule has 1 atom stereocenters. The van der Waals surface area contributed by atoms with Gasteiger partial charge in [0.15, 0.2) is 0 Å². The lowest BCUT2D eigenvalue weighted by molar-refractivity contribution is 0.0911. The molecule has 2 N–H and O–H groups in total. The van der Waals surface area contributed by atoms with Gasteiger partial charge in [-0.05, 0) is 49.8 Å². The molecule has 32 heavy (non-hydrogen) atoms. The zero-order valence-electron chi connectivity index (χ0n) is 18.3. The number of amides is 2. The summed E-state index contributed by atoms with van der Waals surface area (Å²) in [6.07, 6.45) is 7.13. The Labute approximate surface area is 185 Å². The number of carbonyl (C=O) groups excluding carboxylic acids is 2. The van der Waals surface area contributed by atoms with Crippen molar-refractivity contribution in [1.82, 2.24) is 30.2 Å². The molecule has 0 bridgehead atoms. The van der Waals surface area contributed by atoms with Crippen LogP contribution in [0.1, 0.15) is 71.1 Å². The first-order valence-corrected chi connectivity index (χ1v) is 11.0. The van der Waals surface area contributed by atoms with Crippen molar-refractivity contribution in [2.24, 2.45) is 5.92 Å². The Hall–Kier alpha value is -3.36. The maximum Gasteiger partial charge on any atom is 0.270 e. The summed E-state index contributed by atoms with van der Waals surface area (Å²) in [5, 5.41) is 9.91. The highest BCUT2D eigenvalue weighted by molar-refractivity contribution is 5.98. The second-order valence-electron chi connectivity index (χ2n) is 8.42. The van der Waals surface area contributed by atoms with Gasteiger partial charge in [0.05, 0.1) is 0 Å². The molecule has 0 saturated heterocycles. The Morgan fingerprint density at radius 3 is 2.72 bits per heavy atom. The van der Waals surface area contributed by atoms with Crippen LogP contribution in [-0.2, 0) is 6.54 Å². The quantitative estimate of drug-likeness (QED) is 0.615. The zero-order valence-corrected chi connectivity index (χ0v) is 18.3. The molecule has 2 aromatic heterocycles. The van der Waals surface area contributed by atoms with Crippen molar-refractivity contribution in [3.8, 4) is 0 Å². The second-order valence-corrected chi connectivity index (χ2v) is 8.42. The van der Waals surface area contributed by atoms with Crippen LogP contribution >= 0.6 is 0 Å². The molecule has 4 rings (SSSR count). The van der Waals surface area contributed by atoms with Crippen molar-refractivity contribution in [2.75, 3.05) is 0 Å². The van der Waals surface area contributed by atoms with E-state index in [1.807, 2.05) is 6.92 Å². The molecule has 2 amide bonds. The number of rotatable bonds is 6. The van der Waals surface area contributed by atoms with Gasteiger partial charge in [-0.15, -0.1) is 0 Å². The summed E-state index contributed by atoms with van der Waals surface area (Å²) in [7, 11) is 0. The van der Waals surface area contributed by atoms with Gasteiger partial charge in [0.1, 0.15) is 23.5 Å². The molecule has 0 unspecified atom stereocenters. The molecule has 0 aliphatic heterocycles. The van der Waals surface area contributed by atoms with Gasteiger partial charge in [-0.1, -0.05) is 31.4 Å². The monoisotopic (exact) mass is 438 g/mol. The fourth-order valence-electron chi connectivity index (χ4n) is 4.21. The fraction of sp³-hybridized carbons (Fsp3) is 0.435. The summed E-state index contributed by atoms with van der Waals surface area (Å²) in [5.74, 6) is -0.443. The first kappa shape index (κ1) is 21.9. The number of fused-ring (bicyclic) bond motifs is 1. The largest absolute Gasteiger partial charge is 0.348 e. The lowest BCUT2D eigenvalue weighted by Crippen LogP contribution is -2.40. The highest BCUT2D eigenvalue weighted by atomic mass is 19.1. The Balaban J connectivity index is 1.51. The van der Waals surface area contributed by atoms with Crippen LogP contribution in [0.15, 0.2) is 30.6 Å². The van der Waals surface area contributed by atoms with Gasteiger partial charge < -0.3 is 10.6 Å². The highest BCUT2D eigenvalue weighted by Gasteiger charge is 2.24. The number of aromatic nitrogens is 4. The predicted molar refractivity (Wildman–Crippen MR) is 117 cm³/mol. The third-order valence-corrected chi connectivity index (χ3v) is 6.11. The summed E-state index contributed by atoms with van der Waals surface area (Å²) in [5.41, 5.74) is 1.55. The predicted octanol–water partition coefficient (Wildman–Crippen LogP) is 3.20. The van der Waals surface area contributed by atoms with E-state index >= 15 is 0 Å². The molecule has 0 radical (unpaired) electrons. The van der Waals surface area contributed by atoms with E-state index in [2.05, 4.69) is 25.7 Å². The number of hydrogen-bond acceptors (Lipinski definition) is 5. The van der Waals surface area contributed by atoms with Crippen molar-refractivity contribution in [2.45, 2.75) is 58.5 Å². The average Bonchev–Trinajstić information content (AvgIpc) is 3.28. The molecule has 1 aliphatic carbocycles. The SMILES string of the molecule is Cc1cc(CNC(=O)c2cc(C(=O)N[C@H](C)C3CCCCC3)n3ncnc3n2)ccc1F. The van der Waals surface area contributed by atoms with E-state index in [0.29, 0.717) is 11.5 Å². The van der Waals surface area contributed by atoms with E-state index in [0.717, 1.165) is 18.4 Å². The third-order valence-electron chi connectivity index (χ3n) is 6.11. The number of nitrogens with zero attached hydrogens (tertiary/aromatic N) is 4. The van der Waals surface area contributed by atoms with Crippen LogP contribution < -0.4 is 10.6 Å². The van der Waals surface area contributed by atoms with Crippen LogP contribution in [0.3, 0.4) is 0 Å². The molecule has 9 heteroatoms. The van der Waals surface area contributed by atoms with Crippen LogP contribution in [-0.4, -0.2) is 37.4 Å². The van der Waals surface area contributed by atoms with Crippen molar-refractivity contribution in [3.63, 3.8) is 0 Å². The van der Waals surface area contributed by atoms with E-state index in [-0.39, 0.29) is 41.5 Å². The van der Waals surface area contributed by atoms with Crippen molar-refractivity contribution in [3.05, 3.63) is 58.9 Å². The minimum atomic E-state index is -0.452. The first-order chi connectivity index (χ1) is 15.4. The zero-order chi connectivity index (χ0) is 22.7. The lowest BCUT2D eigenvalue weighted by Gasteiger charge is -2.28. The number of nitrogens with one attached hydrogen (secondary N) is 2. The fourth-order valence-corrected chi connectivity index (χ4v) is 4.21. The minimum Gasteiger partial charge on any atom is -0.348 e. The first-order valence-electron chi connectivity index (χ1n) is 11.0. The lowest BCUT2D eigenvalue weighted by atomic mass is 9.84. The van der Waals surface area contributed by atoms with Crippen LogP contribution in [0.2, 0.25) is 0 Å². The van der Waals surface area contributed by atoms with E-state index in [4.69, 9.17) is 0 Å². The van der Waals surface area contributed by atoms with Crippen LogP contribution in [0.25, 0.3) is 5.78 Å². The van der Waals surface area contributed by atoms with Gasteiger partial charge >= 0.3 is 0 Å². The van der Waals surface area contributed by atoms with E-state index in [1.54, 1.807) is 19.1 Å². The number of halogens is 1. The number of aryl methyl sites for hydroxylation is 1. The summed E-state index contributed by atoms with van der Waals surface area (Å²) in [6.45, 7) is 3.90. The van der Waals surface area contributed by atoms with Gasteiger partial charge in [0.25, 0.3) is 17.6 Å². The number of carbonyl (C=O) groups is 2. The standard InChI is InChI=1S/C23H27FN6O2/c1-14-10-16(8-9-18(14)24)12-25-21(31)19-11-20(30-23(29-19)26-13-27-30)22(32)28-15(2)17-6-4-3-5-7-17/h8-11,13,15,17H,3-7,12H2,1-2H3,(H,25,31)(H,28,32)/t15-/m1/s1.